The van der Waals surface area contributed by atoms with E-state index in [1.54, 1.807) is 29.2 Å². The lowest BCUT2D eigenvalue weighted by atomic mass is 9.85. The summed E-state index contributed by atoms with van der Waals surface area (Å²) >= 11 is 0. The molecule has 0 saturated carbocycles. The van der Waals surface area contributed by atoms with Crippen LogP contribution >= 0.6 is 0 Å². The maximum atomic E-state index is 13.3. The van der Waals surface area contributed by atoms with Gasteiger partial charge in [0.2, 0.25) is 0 Å². The number of hydrogen-bond donors (Lipinski definition) is 3. The molecule has 0 fully saturated rings. The fourth-order valence-corrected chi connectivity index (χ4v) is 3.96. The van der Waals surface area contributed by atoms with Gasteiger partial charge >= 0.3 is 0 Å². The Hall–Kier alpha value is -3.62. The molecule has 36 heavy (non-hydrogen) atoms. The van der Waals surface area contributed by atoms with Crippen LogP contribution in [0.1, 0.15) is 59.1 Å². The van der Waals surface area contributed by atoms with E-state index < -0.39 is 0 Å². The van der Waals surface area contributed by atoms with E-state index in [4.69, 9.17) is 11.6 Å². The summed E-state index contributed by atoms with van der Waals surface area (Å²) in [5, 5.41) is 8.76. The third-order valence-corrected chi connectivity index (χ3v) is 6.19. The molecule has 1 amide bonds. The van der Waals surface area contributed by atoms with Gasteiger partial charge in [-0.3, -0.25) is 14.5 Å². The van der Waals surface area contributed by atoms with E-state index >= 15 is 0 Å². The van der Waals surface area contributed by atoms with Crippen LogP contribution in [0.3, 0.4) is 0 Å². The lowest BCUT2D eigenvalue weighted by molar-refractivity contribution is 0.102. The van der Waals surface area contributed by atoms with Gasteiger partial charge in [-0.2, -0.15) is 5.10 Å². The number of nitrogens with one attached hydrogen (secondary N) is 1. The van der Waals surface area contributed by atoms with Crippen molar-refractivity contribution in [3.63, 3.8) is 0 Å². The Bertz CT molecular complexity index is 1280. The third-order valence-electron chi connectivity index (χ3n) is 6.19. The van der Waals surface area contributed by atoms with Gasteiger partial charge in [-0.05, 0) is 74.3 Å². The van der Waals surface area contributed by atoms with Crippen LogP contribution in [-0.2, 0) is 19.0 Å². The predicted octanol–water partition coefficient (Wildman–Crippen LogP) is 4.29. The van der Waals surface area contributed by atoms with Crippen LogP contribution < -0.4 is 21.9 Å². The lowest BCUT2D eigenvalue weighted by Gasteiger charge is -2.23. The van der Waals surface area contributed by atoms with Crippen molar-refractivity contribution >= 4 is 23.0 Å². The highest BCUT2D eigenvalue weighted by molar-refractivity contribution is 6.05. The molecule has 0 aliphatic carbocycles. The van der Waals surface area contributed by atoms with Crippen molar-refractivity contribution in [2.24, 2.45) is 18.6 Å². The SMILES string of the molecule is Cc1ccc(C(=O)Nc2cc(CN(C)C)cc(C(C)(C)C)c2)cc1N(N)/C=C(\N)c1cnn(C)c1C. The number of amides is 1. The molecule has 0 aliphatic rings. The Kier molecular flexibility index (Phi) is 7.91. The van der Waals surface area contributed by atoms with Crippen LogP contribution in [0.2, 0.25) is 0 Å². The van der Waals surface area contributed by atoms with Gasteiger partial charge in [0, 0.05) is 42.3 Å². The molecule has 2 aromatic carbocycles. The topological polar surface area (TPSA) is 105 Å². The Morgan fingerprint density at radius 3 is 2.42 bits per heavy atom. The molecule has 3 rings (SSSR count). The summed E-state index contributed by atoms with van der Waals surface area (Å²) in [4.78, 5) is 15.4. The molecule has 0 bridgehead atoms. The highest BCUT2D eigenvalue weighted by atomic mass is 16.1. The predicted molar refractivity (Wildman–Crippen MR) is 148 cm³/mol. The largest absolute Gasteiger partial charge is 0.397 e. The van der Waals surface area contributed by atoms with E-state index in [9.17, 15) is 4.79 Å². The first-order valence-electron chi connectivity index (χ1n) is 12.0. The number of anilines is 2. The second kappa shape index (κ2) is 10.6. The lowest BCUT2D eigenvalue weighted by Crippen LogP contribution is -2.27. The zero-order valence-corrected chi connectivity index (χ0v) is 22.7. The third kappa shape index (κ3) is 6.33. The van der Waals surface area contributed by atoms with Crippen molar-refractivity contribution in [1.82, 2.24) is 14.7 Å². The Morgan fingerprint density at radius 2 is 1.83 bits per heavy atom. The number of aryl methyl sites for hydroxylation is 2. The molecule has 8 heteroatoms. The highest BCUT2D eigenvalue weighted by Gasteiger charge is 2.18. The molecule has 0 aliphatic heterocycles. The second-order valence-corrected chi connectivity index (χ2v) is 10.6. The molecule has 0 atom stereocenters. The first kappa shape index (κ1) is 27.0. The monoisotopic (exact) mass is 489 g/mol. The van der Waals surface area contributed by atoms with E-state index in [1.807, 2.05) is 53.2 Å². The van der Waals surface area contributed by atoms with Gasteiger partial charge < -0.3 is 16.0 Å². The molecule has 0 spiro atoms. The summed E-state index contributed by atoms with van der Waals surface area (Å²) in [6.07, 6.45) is 3.36. The summed E-state index contributed by atoms with van der Waals surface area (Å²) in [6.45, 7) is 11.2. The molecular weight excluding hydrogens is 450 g/mol. The van der Waals surface area contributed by atoms with E-state index in [-0.39, 0.29) is 11.3 Å². The van der Waals surface area contributed by atoms with E-state index in [2.05, 4.69) is 42.2 Å². The number of rotatable bonds is 7. The van der Waals surface area contributed by atoms with Gasteiger partial charge in [-0.15, -0.1) is 0 Å². The summed E-state index contributed by atoms with van der Waals surface area (Å²) in [6, 6.07) is 11.7. The van der Waals surface area contributed by atoms with Gasteiger partial charge in [0.15, 0.2) is 0 Å². The first-order valence-corrected chi connectivity index (χ1v) is 12.0. The number of nitrogens with zero attached hydrogens (tertiary/aromatic N) is 4. The van der Waals surface area contributed by atoms with Crippen LogP contribution in [0.5, 0.6) is 0 Å². The summed E-state index contributed by atoms with van der Waals surface area (Å²) in [7, 11) is 5.93. The molecule has 1 aromatic heterocycles. The average Bonchev–Trinajstić information content (AvgIpc) is 3.11. The van der Waals surface area contributed by atoms with Crippen molar-refractivity contribution in [2.45, 2.75) is 46.6 Å². The van der Waals surface area contributed by atoms with Gasteiger partial charge in [0.1, 0.15) is 0 Å². The molecule has 0 radical (unpaired) electrons. The number of hydrogen-bond acceptors (Lipinski definition) is 6. The Balaban J connectivity index is 1.89. The van der Waals surface area contributed by atoms with Crippen LogP contribution in [0.25, 0.3) is 5.70 Å². The van der Waals surface area contributed by atoms with Crippen molar-refractivity contribution in [2.75, 3.05) is 24.4 Å². The van der Waals surface area contributed by atoms with Crippen LogP contribution in [-0.4, -0.2) is 34.7 Å². The van der Waals surface area contributed by atoms with Gasteiger partial charge in [-0.25, -0.2) is 5.84 Å². The smallest absolute Gasteiger partial charge is 0.255 e. The fourth-order valence-electron chi connectivity index (χ4n) is 3.96. The van der Waals surface area contributed by atoms with Crippen LogP contribution in [0.15, 0.2) is 48.8 Å². The van der Waals surface area contributed by atoms with Crippen molar-refractivity contribution < 1.29 is 4.79 Å². The molecule has 0 saturated heterocycles. The van der Waals surface area contributed by atoms with E-state index in [1.165, 1.54) is 10.6 Å². The second-order valence-electron chi connectivity index (χ2n) is 10.6. The molecule has 1 heterocycles. The Morgan fingerprint density at radius 1 is 1.14 bits per heavy atom. The number of carbonyl (C=O) groups excluding carboxylic acids is 1. The molecule has 192 valence electrons. The maximum Gasteiger partial charge on any atom is 0.255 e. The zero-order valence-electron chi connectivity index (χ0n) is 22.7. The van der Waals surface area contributed by atoms with E-state index in [0.717, 1.165) is 34.6 Å². The number of nitrogens with two attached hydrogens (primary N) is 2. The molecule has 5 N–H and O–H groups in total. The minimum Gasteiger partial charge on any atom is -0.397 e. The van der Waals surface area contributed by atoms with E-state index in [0.29, 0.717) is 16.9 Å². The number of carbonyl (C=O) groups is 1. The minimum atomic E-state index is -0.202. The number of benzene rings is 2. The summed E-state index contributed by atoms with van der Waals surface area (Å²) in [5.41, 5.74) is 13.7. The average molecular weight is 490 g/mol. The number of aromatic nitrogens is 2. The van der Waals surface area contributed by atoms with Crippen molar-refractivity contribution in [3.05, 3.63) is 82.3 Å². The molecule has 0 unspecified atom stereocenters. The summed E-state index contributed by atoms with van der Waals surface area (Å²) < 4.78 is 1.76. The molecule has 8 nitrogen and oxygen atoms in total. The van der Waals surface area contributed by atoms with Crippen molar-refractivity contribution in [1.29, 1.82) is 0 Å². The van der Waals surface area contributed by atoms with Gasteiger partial charge in [-0.1, -0.05) is 32.9 Å². The van der Waals surface area contributed by atoms with Crippen molar-refractivity contribution in [3.8, 4) is 0 Å². The normalized spacial score (nSPS) is 12.2. The molecular formula is C28H39N7O. The first-order chi connectivity index (χ1) is 16.8. The zero-order chi connectivity index (χ0) is 26.8. The van der Waals surface area contributed by atoms with Gasteiger partial charge in [0.25, 0.3) is 5.91 Å². The molecule has 3 aromatic rings. The quantitative estimate of drug-likeness (QED) is 0.338. The van der Waals surface area contributed by atoms with Crippen LogP contribution in [0, 0.1) is 13.8 Å². The Labute approximate surface area is 214 Å². The standard InChI is InChI=1S/C28H39N7O/c1-18-9-10-21(13-26(18)35(30)17-25(29)24-15-31-34(8)19(24)2)27(36)32-23-12-20(16-33(6)7)11-22(14-23)28(3,4)5/h9-15,17H,16,29-30H2,1-8H3,(H,32,36)/b25-17-. The number of hydrazine groups is 1. The minimum absolute atomic E-state index is 0.0439. The fraction of sp³-hybridized carbons (Fsp3) is 0.357. The summed E-state index contributed by atoms with van der Waals surface area (Å²) in [5.74, 6) is 6.16. The van der Waals surface area contributed by atoms with Crippen LogP contribution in [0.4, 0.5) is 11.4 Å². The maximum absolute atomic E-state index is 13.3. The highest BCUT2D eigenvalue weighted by Crippen LogP contribution is 2.28. The van der Waals surface area contributed by atoms with Gasteiger partial charge in [0.05, 0.1) is 17.6 Å².